The van der Waals surface area contributed by atoms with Gasteiger partial charge in [-0.25, -0.2) is 9.67 Å². The van der Waals surface area contributed by atoms with Crippen molar-refractivity contribution in [1.82, 2.24) is 24.9 Å². The fourth-order valence-electron chi connectivity index (χ4n) is 3.03. The van der Waals surface area contributed by atoms with Crippen LogP contribution in [0.15, 0.2) is 6.20 Å². The van der Waals surface area contributed by atoms with E-state index in [2.05, 4.69) is 22.2 Å². The second kappa shape index (κ2) is 7.40. The Bertz CT molecular complexity index is 711. The Morgan fingerprint density at radius 2 is 2.33 bits per heavy atom. The maximum atomic E-state index is 12.9. The molecule has 7 nitrogen and oxygen atoms in total. The maximum Gasteiger partial charge on any atom is 0.265 e. The minimum absolute atomic E-state index is 0.0690. The van der Waals surface area contributed by atoms with E-state index in [1.807, 2.05) is 11.8 Å². The van der Waals surface area contributed by atoms with E-state index >= 15 is 0 Å². The fourth-order valence-corrected chi connectivity index (χ4v) is 4.17. The van der Waals surface area contributed by atoms with Crippen molar-refractivity contribution < 1.29 is 9.90 Å². The van der Waals surface area contributed by atoms with Gasteiger partial charge in [-0.3, -0.25) is 4.79 Å². The Morgan fingerprint density at radius 3 is 3.04 bits per heavy atom. The Balaban J connectivity index is 1.73. The number of nitrogens with zero attached hydrogens (tertiary/aromatic N) is 5. The number of aliphatic hydroxyl groups is 1. The highest BCUT2D eigenvalue weighted by molar-refractivity contribution is 7.13. The predicted octanol–water partition coefficient (Wildman–Crippen LogP) is 1.97. The Labute approximate surface area is 145 Å². The van der Waals surface area contributed by atoms with Gasteiger partial charge >= 0.3 is 0 Å². The molecule has 3 heterocycles. The van der Waals surface area contributed by atoms with Gasteiger partial charge in [-0.2, -0.15) is 0 Å². The van der Waals surface area contributed by atoms with Crippen LogP contribution in [0, 0.1) is 6.92 Å². The number of carbonyl (C=O) groups is 1. The molecule has 2 aromatic heterocycles. The summed E-state index contributed by atoms with van der Waals surface area (Å²) in [6, 6.07) is 0.110. The number of likely N-dealkylation sites (tertiary alicyclic amines) is 1. The molecule has 0 aromatic carbocycles. The van der Waals surface area contributed by atoms with Crippen LogP contribution in [0.1, 0.15) is 58.3 Å². The van der Waals surface area contributed by atoms with Crippen molar-refractivity contribution >= 4 is 17.2 Å². The molecular weight excluding hydrogens is 326 g/mol. The van der Waals surface area contributed by atoms with Crippen LogP contribution in [0.2, 0.25) is 0 Å². The molecule has 1 amide bonds. The Kier molecular flexibility index (Phi) is 5.25. The zero-order chi connectivity index (χ0) is 17.1. The van der Waals surface area contributed by atoms with E-state index in [4.69, 9.17) is 5.11 Å². The van der Waals surface area contributed by atoms with Gasteiger partial charge in [-0.05, 0) is 32.6 Å². The third-order valence-electron chi connectivity index (χ3n) is 4.28. The molecule has 0 radical (unpaired) electrons. The number of aryl methyl sites for hydroxylation is 2. The molecule has 24 heavy (non-hydrogen) atoms. The zero-order valence-electron chi connectivity index (χ0n) is 14.1. The van der Waals surface area contributed by atoms with Crippen molar-refractivity contribution in [3.63, 3.8) is 0 Å². The van der Waals surface area contributed by atoms with Crippen LogP contribution in [0.4, 0.5) is 0 Å². The molecule has 0 unspecified atom stereocenters. The first kappa shape index (κ1) is 17.0. The smallest absolute Gasteiger partial charge is 0.265 e. The van der Waals surface area contributed by atoms with Gasteiger partial charge in [0.1, 0.15) is 10.6 Å². The quantitative estimate of drug-likeness (QED) is 0.892. The first-order valence-electron chi connectivity index (χ1n) is 8.39. The summed E-state index contributed by atoms with van der Waals surface area (Å²) in [5.41, 5.74) is 1.39. The van der Waals surface area contributed by atoms with Crippen molar-refractivity contribution in [1.29, 1.82) is 0 Å². The average Bonchev–Trinajstić information content (AvgIpc) is 3.21. The number of thiazole rings is 1. The SMILES string of the molecule is CCCc1nc(C)c(C(=O)N2CCC[C@H](n3cc(CO)nn3)C2)s1. The molecule has 1 N–H and O–H groups in total. The molecule has 3 rings (SSSR count). The van der Waals surface area contributed by atoms with Crippen LogP contribution < -0.4 is 0 Å². The number of carbonyl (C=O) groups excluding carboxylic acids is 1. The molecule has 1 fully saturated rings. The summed E-state index contributed by atoms with van der Waals surface area (Å²) in [6.07, 6.45) is 5.61. The summed E-state index contributed by atoms with van der Waals surface area (Å²) in [6.45, 7) is 5.29. The van der Waals surface area contributed by atoms with Crippen molar-refractivity contribution in [3.05, 3.63) is 27.5 Å². The van der Waals surface area contributed by atoms with E-state index in [-0.39, 0.29) is 18.6 Å². The second-order valence-corrected chi connectivity index (χ2v) is 7.25. The summed E-state index contributed by atoms with van der Waals surface area (Å²) in [7, 11) is 0. The third-order valence-corrected chi connectivity index (χ3v) is 5.48. The monoisotopic (exact) mass is 349 g/mol. The summed E-state index contributed by atoms with van der Waals surface area (Å²) in [5.74, 6) is 0.0690. The minimum atomic E-state index is -0.115. The normalized spacial score (nSPS) is 18.1. The van der Waals surface area contributed by atoms with Crippen LogP contribution in [0.25, 0.3) is 0 Å². The van der Waals surface area contributed by atoms with E-state index in [1.165, 1.54) is 11.3 Å². The number of hydrogen-bond donors (Lipinski definition) is 1. The molecule has 0 aliphatic carbocycles. The van der Waals surface area contributed by atoms with Crippen LogP contribution in [0.5, 0.6) is 0 Å². The second-order valence-electron chi connectivity index (χ2n) is 6.17. The first-order valence-corrected chi connectivity index (χ1v) is 9.21. The molecule has 8 heteroatoms. The number of amides is 1. The lowest BCUT2D eigenvalue weighted by Crippen LogP contribution is -2.40. The first-order chi connectivity index (χ1) is 11.6. The van der Waals surface area contributed by atoms with Crippen LogP contribution in [0.3, 0.4) is 0 Å². The molecule has 1 aliphatic heterocycles. The largest absolute Gasteiger partial charge is 0.390 e. The summed E-state index contributed by atoms with van der Waals surface area (Å²) in [4.78, 5) is 20.1. The molecule has 1 saturated heterocycles. The van der Waals surface area contributed by atoms with Gasteiger partial charge in [-0.15, -0.1) is 16.4 Å². The lowest BCUT2D eigenvalue weighted by atomic mass is 10.1. The molecule has 2 aromatic rings. The van der Waals surface area contributed by atoms with E-state index < -0.39 is 0 Å². The maximum absolute atomic E-state index is 12.9. The number of rotatable bonds is 5. The third kappa shape index (κ3) is 3.49. The number of hydrogen-bond acceptors (Lipinski definition) is 6. The number of aliphatic hydroxyl groups excluding tert-OH is 1. The average molecular weight is 349 g/mol. The van der Waals surface area contributed by atoms with Gasteiger partial charge < -0.3 is 10.0 Å². The topological polar surface area (TPSA) is 84.1 Å². The van der Waals surface area contributed by atoms with Crippen molar-refractivity contribution in [2.75, 3.05) is 13.1 Å². The summed E-state index contributed by atoms with van der Waals surface area (Å²) in [5, 5.41) is 18.2. The van der Waals surface area contributed by atoms with Crippen LogP contribution in [-0.2, 0) is 13.0 Å². The molecule has 1 aliphatic rings. The summed E-state index contributed by atoms with van der Waals surface area (Å²) >= 11 is 1.52. The van der Waals surface area contributed by atoms with Gasteiger partial charge in [0.05, 0.1) is 29.5 Å². The predicted molar refractivity (Wildman–Crippen MR) is 91.0 cm³/mol. The zero-order valence-corrected chi connectivity index (χ0v) is 14.9. The van der Waals surface area contributed by atoms with E-state index in [0.29, 0.717) is 12.2 Å². The highest BCUT2D eigenvalue weighted by Gasteiger charge is 2.28. The molecule has 130 valence electrons. The van der Waals surface area contributed by atoms with E-state index in [9.17, 15) is 4.79 Å². The number of piperidine rings is 1. The highest BCUT2D eigenvalue weighted by atomic mass is 32.1. The van der Waals surface area contributed by atoms with Crippen molar-refractivity contribution in [2.24, 2.45) is 0 Å². The molecular formula is C16H23N5O2S. The fraction of sp³-hybridized carbons (Fsp3) is 0.625. The van der Waals surface area contributed by atoms with Gasteiger partial charge in [-0.1, -0.05) is 12.1 Å². The van der Waals surface area contributed by atoms with Crippen LogP contribution in [-0.4, -0.2) is 49.0 Å². The Hall–Kier alpha value is -1.80. The van der Waals surface area contributed by atoms with Gasteiger partial charge in [0.15, 0.2) is 0 Å². The minimum Gasteiger partial charge on any atom is -0.390 e. The summed E-state index contributed by atoms with van der Waals surface area (Å²) < 4.78 is 1.77. The standard InChI is InChI=1S/C16H23N5O2S/c1-3-5-14-17-11(2)15(24-14)16(23)20-7-4-6-13(9-20)21-8-12(10-22)18-19-21/h8,13,22H,3-7,9-10H2,1-2H3/t13-/m0/s1. The lowest BCUT2D eigenvalue weighted by molar-refractivity contribution is 0.0675. The molecule has 1 atom stereocenters. The van der Waals surface area contributed by atoms with E-state index in [0.717, 1.165) is 47.8 Å². The number of aromatic nitrogens is 4. The Morgan fingerprint density at radius 1 is 1.50 bits per heavy atom. The highest BCUT2D eigenvalue weighted by Crippen LogP contribution is 2.26. The molecule has 0 spiro atoms. The molecule has 0 saturated carbocycles. The van der Waals surface area contributed by atoms with Crippen molar-refractivity contribution in [3.8, 4) is 0 Å². The van der Waals surface area contributed by atoms with E-state index in [1.54, 1.807) is 10.9 Å². The van der Waals surface area contributed by atoms with Crippen LogP contribution >= 0.6 is 11.3 Å². The van der Waals surface area contributed by atoms with Gasteiger partial charge in [0.25, 0.3) is 5.91 Å². The van der Waals surface area contributed by atoms with Crippen molar-refractivity contribution in [2.45, 2.75) is 52.2 Å². The lowest BCUT2D eigenvalue weighted by Gasteiger charge is -2.32. The van der Waals surface area contributed by atoms with Gasteiger partial charge in [0, 0.05) is 13.1 Å². The van der Waals surface area contributed by atoms with Gasteiger partial charge in [0.2, 0.25) is 0 Å². The molecule has 0 bridgehead atoms.